The smallest absolute Gasteiger partial charge is 0.305 e. The molecule has 142 valence electrons. The molecule has 4 aliphatic rings. The number of nitrogens with one attached hydrogen (secondary N) is 3. The largest absolute Gasteiger partial charge is 0.459 e. The Bertz CT molecular complexity index is 815. The number of carbonyl (C=O) groups is 1. The summed E-state index contributed by atoms with van der Waals surface area (Å²) in [7, 11) is 0. The average Bonchev–Trinajstić information content (AvgIpc) is 3.15. The molecule has 5 N–H and O–H groups in total. The van der Waals surface area contributed by atoms with E-state index >= 15 is 0 Å². The molecule has 0 saturated heterocycles. The van der Waals surface area contributed by atoms with Crippen LogP contribution in [-0.2, 0) is 0 Å². The molecule has 1 amide bonds. The summed E-state index contributed by atoms with van der Waals surface area (Å²) in [6.45, 7) is 0. The van der Waals surface area contributed by atoms with Gasteiger partial charge in [-0.25, -0.2) is 9.97 Å². The van der Waals surface area contributed by atoms with Gasteiger partial charge in [0.05, 0.1) is 6.26 Å². The van der Waals surface area contributed by atoms with Gasteiger partial charge in [0, 0.05) is 5.54 Å². The molecule has 4 fully saturated rings. The van der Waals surface area contributed by atoms with Crippen molar-refractivity contribution in [2.24, 2.45) is 17.8 Å². The number of amides is 1. The zero-order valence-electron chi connectivity index (χ0n) is 15.1. The van der Waals surface area contributed by atoms with Crippen LogP contribution in [0.4, 0.5) is 17.3 Å². The van der Waals surface area contributed by atoms with Crippen molar-refractivity contribution in [3.63, 3.8) is 0 Å². The molecule has 0 spiro atoms. The Hall–Kier alpha value is -2.77. The van der Waals surface area contributed by atoms with Gasteiger partial charge in [-0.3, -0.25) is 15.6 Å². The van der Waals surface area contributed by atoms with Crippen LogP contribution in [0.25, 0.3) is 0 Å². The van der Waals surface area contributed by atoms with Gasteiger partial charge in [0.2, 0.25) is 0 Å². The number of rotatable bonds is 5. The normalized spacial score (nSPS) is 30.9. The summed E-state index contributed by atoms with van der Waals surface area (Å²) in [5.74, 6) is 3.32. The van der Waals surface area contributed by atoms with Crippen LogP contribution in [0.15, 0.2) is 29.1 Å². The summed E-state index contributed by atoms with van der Waals surface area (Å²) in [5.41, 5.74) is 12.1. The number of furan rings is 1. The monoisotopic (exact) mass is 368 g/mol. The second-order valence-electron chi connectivity index (χ2n) is 8.36. The Morgan fingerprint density at radius 3 is 2.41 bits per heavy atom. The number of nitrogens with two attached hydrogens (primary N) is 1. The van der Waals surface area contributed by atoms with Gasteiger partial charge in [-0.2, -0.15) is 0 Å². The molecule has 0 atom stereocenters. The lowest BCUT2D eigenvalue weighted by Gasteiger charge is -2.57. The van der Waals surface area contributed by atoms with Gasteiger partial charge in [0.1, 0.15) is 12.0 Å². The zero-order chi connectivity index (χ0) is 18.4. The van der Waals surface area contributed by atoms with Crippen molar-refractivity contribution in [3.05, 3.63) is 30.5 Å². The van der Waals surface area contributed by atoms with Gasteiger partial charge < -0.3 is 15.5 Å². The third-order valence-corrected chi connectivity index (χ3v) is 6.35. The van der Waals surface area contributed by atoms with Gasteiger partial charge in [0.15, 0.2) is 17.4 Å². The molecule has 8 nitrogen and oxygen atoms in total. The van der Waals surface area contributed by atoms with Crippen molar-refractivity contribution in [2.75, 3.05) is 16.5 Å². The SMILES string of the molecule is Nc1c(NNC(=O)c2ccco2)ncnc1NC12CC3CC(CC(C3)C1)C2. The lowest BCUT2D eigenvalue weighted by molar-refractivity contribution is 0.0106. The maximum atomic E-state index is 12.0. The van der Waals surface area contributed by atoms with Crippen LogP contribution in [0.1, 0.15) is 49.1 Å². The molecule has 4 bridgehead atoms. The Morgan fingerprint density at radius 2 is 1.78 bits per heavy atom. The summed E-state index contributed by atoms with van der Waals surface area (Å²) in [6.07, 6.45) is 10.6. The highest BCUT2D eigenvalue weighted by Gasteiger charge is 2.51. The summed E-state index contributed by atoms with van der Waals surface area (Å²) >= 11 is 0. The Kier molecular flexibility index (Phi) is 3.73. The molecule has 2 aromatic rings. The highest BCUT2D eigenvalue weighted by Crippen LogP contribution is 2.56. The third kappa shape index (κ3) is 2.98. The molecular weight excluding hydrogens is 344 g/mol. The molecule has 8 heteroatoms. The minimum atomic E-state index is -0.395. The molecule has 6 rings (SSSR count). The highest BCUT2D eigenvalue weighted by molar-refractivity contribution is 5.92. The molecule has 4 aliphatic carbocycles. The van der Waals surface area contributed by atoms with E-state index in [1.165, 1.54) is 51.1 Å². The van der Waals surface area contributed by atoms with Gasteiger partial charge in [-0.15, -0.1) is 0 Å². The van der Waals surface area contributed by atoms with Crippen LogP contribution in [0.2, 0.25) is 0 Å². The minimum Gasteiger partial charge on any atom is -0.459 e. The maximum absolute atomic E-state index is 12.0. The molecule has 27 heavy (non-hydrogen) atoms. The minimum absolute atomic E-state index is 0.103. The molecule has 0 aliphatic heterocycles. The van der Waals surface area contributed by atoms with E-state index in [4.69, 9.17) is 10.2 Å². The van der Waals surface area contributed by atoms with Gasteiger partial charge in [-0.1, -0.05) is 0 Å². The van der Waals surface area contributed by atoms with Crippen molar-refractivity contribution in [1.82, 2.24) is 15.4 Å². The predicted molar refractivity (Wildman–Crippen MR) is 101 cm³/mol. The topological polar surface area (TPSA) is 118 Å². The Balaban J connectivity index is 1.31. The van der Waals surface area contributed by atoms with Crippen molar-refractivity contribution in [3.8, 4) is 0 Å². The Morgan fingerprint density at radius 1 is 1.11 bits per heavy atom. The number of nitrogen functional groups attached to an aromatic ring is 1. The van der Waals surface area contributed by atoms with Crippen LogP contribution in [-0.4, -0.2) is 21.4 Å². The first-order valence-electron chi connectivity index (χ1n) is 9.59. The second kappa shape index (κ2) is 6.14. The summed E-state index contributed by atoms with van der Waals surface area (Å²) in [6, 6.07) is 3.24. The van der Waals surface area contributed by atoms with E-state index in [-0.39, 0.29) is 11.3 Å². The molecule has 0 aromatic carbocycles. The number of hydrogen-bond acceptors (Lipinski definition) is 7. The molecular formula is C19H24N6O2. The first kappa shape index (κ1) is 16.4. The molecule has 0 radical (unpaired) electrons. The number of aromatic nitrogens is 2. The lowest BCUT2D eigenvalue weighted by Crippen LogP contribution is -2.55. The number of hydrazine groups is 1. The van der Waals surface area contributed by atoms with E-state index in [1.54, 1.807) is 12.1 Å². The second-order valence-corrected chi connectivity index (χ2v) is 8.36. The number of nitrogens with zero attached hydrogens (tertiary/aromatic N) is 2. The van der Waals surface area contributed by atoms with Crippen molar-refractivity contribution >= 4 is 23.2 Å². The fraction of sp³-hybridized carbons (Fsp3) is 0.526. The first-order valence-corrected chi connectivity index (χ1v) is 9.59. The fourth-order valence-corrected chi connectivity index (χ4v) is 5.70. The van der Waals surface area contributed by atoms with Gasteiger partial charge in [-0.05, 0) is 68.4 Å². The van der Waals surface area contributed by atoms with E-state index in [0.29, 0.717) is 17.3 Å². The van der Waals surface area contributed by atoms with Gasteiger partial charge in [0.25, 0.3) is 0 Å². The summed E-state index contributed by atoms with van der Waals surface area (Å²) in [5, 5.41) is 3.66. The van der Waals surface area contributed by atoms with Crippen molar-refractivity contribution < 1.29 is 9.21 Å². The van der Waals surface area contributed by atoms with Crippen molar-refractivity contribution in [2.45, 2.75) is 44.1 Å². The van der Waals surface area contributed by atoms with E-state index in [9.17, 15) is 4.79 Å². The Labute approximate surface area is 157 Å². The quantitative estimate of drug-likeness (QED) is 0.599. The van der Waals surface area contributed by atoms with Crippen LogP contribution in [0.5, 0.6) is 0 Å². The number of carbonyl (C=O) groups excluding carboxylic acids is 1. The average molecular weight is 368 g/mol. The molecule has 4 saturated carbocycles. The van der Waals surface area contributed by atoms with Crippen LogP contribution >= 0.6 is 0 Å². The van der Waals surface area contributed by atoms with Crippen molar-refractivity contribution in [1.29, 1.82) is 0 Å². The van der Waals surface area contributed by atoms with Crippen LogP contribution < -0.4 is 21.9 Å². The van der Waals surface area contributed by atoms with Crippen LogP contribution in [0, 0.1) is 17.8 Å². The zero-order valence-corrected chi connectivity index (χ0v) is 15.1. The summed E-state index contributed by atoms with van der Waals surface area (Å²) in [4.78, 5) is 20.5. The number of hydrogen-bond donors (Lipinski definition) is 4. The van der Waals surface area contributed by atoms with E-state index in [2.05, 4.69) is 26.1 Å². The highest BCUT2D eigenvalue weighted by atomic mass is 16.3. The van der Waals surface area contributed by atoms with E-state index < -0.39 is 5.91 Å². The molecule has 2 aromatic heterocycles. The summed E-state index contributed by atoms with van der Waals surface area (Å²) < 4.78 is 5.07. The van der Waals surface area contributed by atoms with E-state index in [0.717, 1.165) is 17.8 Å². The predicted octanol–water partition coefficient (Wildman–Crippen LogP) is 2.79. The fourth-order valence-electron chi connectivity index (χ4n) is 5.70. The third-order valence-electron chi connectivity index (χ3n) is 6.35. The van der Waals surface area contributed by atoms with Gasteiger partial charge >= 0.3 is 5.91 Å². The number of anilines is 3. The standard InChI is InChI=1S/C19H24N6O2/c20-15-16(23-19-7-11-4-12(8-19)6-13(5-11)9-19)21-10-22-17(15)24-25-18(26)14-2-1-3-27-14/h1-3,10-13H,4-9,20H2,(H,25,26)(H2,21,22,23,24). The first-order chi connectivity index (χ1) is 13.1. The van der Waals surface area contributed by atoms with E-state index in [1.807, 2.05) is 0 Å². The lowest BCUT2D eigenvalue weighted by atomic mass is 9.53. The van der Waals surface area contributed by atoms with Crippen LogP contribution in [0.3, 0.4) is 0 Å². The molecule has 2 heterocycles. The molecule has 0 unspecified atom stereocenters. The maximum Gasteiger partial charge on any atom is 0.305 e.